The average molecular weight is 387 g/mol. The molecule has 27 heavy (non-hydrogen) atoms. The van der Waals surface area contributed by atoms with Gasteiger partial charge in [-0.3, -0.25) is 4.79 Å². The molecule has 1 fully saturated rings. The summed E-state index contributed by atoms with van der Waals surface area (Å²) in [6.07, 6.45) is 1.56. The second kappa shape index (κ2) is 8.14. The van der Waals surface area contributed by atoms with Crippen LogP contribution in [0.1, 0.15) is 19.4 Å². The van der Waals surface area contributed by atoms with Crippen molar-refractivity contribution in [2.24, 2.45) is 0 Å². The highest BCUT2D eigenvalue weighted by Gasteiger charge is 2.34. The van der Waals surface area contributed by atoms with E-state index in [1.807, 2.05) is 19.9 Å². The minimum absolute atomic E-state index is 0.159. The number of urea groups is 1. The van der Waals surface area contributed by atoms with E-state index in [9.17, 15) is 9.59 Å². The summed E-state index contributed by atoms with van der Waals surface area (Å²) in [6, 6.07) is 11.6. The molecule has 1 saturated heterocycles. The SMILES string of the molecule is CCOc1cc(C=C2NC(=O)N(c3ccccc3)C2=O)cc(Cl)c1OCC. The molecule has 0 atom stereocenters. The van der Waals surface area contributed by atoms with E-state index in [1.165, 1.54) is 0 Å². The first-order valence-corrected chi connectivity index (χ1v) is 8.94. The number of nitrogens with zero attached hydrogens (tertiary/aromatic N) is 1. The maximum absolute atomic E-state index is 12.7. The first-order chi connectivity index (χ1) is 13.0. The number of benzene rings is 2. The number of imide groups is 1. The van der Waals surface area contributed by atoms with Crippen LogP contribution >= 0.6 is 11.6 Å². The smallest absolute Gasteiger partial charge is 0.333 e. The van der Waals surface area contributed by atoms with E-state index in [-0.39, 0.29) is 5.70 Å². The largest absolute Gasteiger partial charge is 0.490 e. The number of hydrogen-bond acceptors (Lipinski definition) is 4. The van der Waals surface area contributed by atoms with Crippen molar-refractivity contribution < 1.29 is 19.1 Å². The minimum Gasteiger partial charge on any atom is -0.490 e. The summed E-state index contributed by atoms with van der Waals surface area (Å²) in [6.45, 7) is 4.59. The molecular formula is C20H19ClN2O4. The zero-order valence-corrected chi connectivity index (χ0v) is 15.7. The van der Waals surface area contributed by atoms with Crippen molar-refractivity contribution >= 4 is 35.3 Å². The molecule has 2 aromatic carbocycles. The van der Waals surface area contributed by atoms with Gasteiger partial charge in [-0.05, 0) is 49.8 Å². The molecule has 1 N–H and O–H groups in total. The fraction of sp³-hybridized carbons (Fsp3) is 0.200. The van der Waals surface area contributed by atoms with E-state index in [1.54, 1.807) is 42.5 Å². The molecule has 0 unspecified atom stereocenters. The summed E-state index contributed by atoms with van der Waals surface area (Å²) in [5.41, 5.74) is 1.28. The quantitative estimate of drug-likeness (QED) is 0.595. The van der Waals surface area contributed by atoms with Gasteiger partial charge in [0.15, 0.2) is 11.5 Å². The third-order valence-electron chi connectivity index (χ3n) is 3.82. The van der Waals surface area contributed by atoms with Crippen LogP contribution in [0.3, 0.4) is 0 Å². The van der Waals surface area contributed by atoms with Gasteiger partial charge in [-0.25, -0.2) is 9.69 Å². The van der Waals surface area contributed by atoms with Crippen molar-refractivity contribution in [3.8, 4) is 11.5 Å². The maximum Gasteiger partial charge on any atom is 0.333 e. The predicted molar refractivity (Wildman–Crippen MR) is 104 cm³/mol. The molecule has 1 aliphatic rings. The Hall–Kier alpha value is -2.99. The van der Waals surface area contributed by atoms with Gasteiger partial charge in [0, 0.05) is 0 Å². The fourth-order valence-corrected chi connectivity index (χ4v) is 3.01. The second-order valence-corrected chi connectivity index (χ2v) is 6.07. The van der Waals surface area contributed by atoms with Gasteiger partial charge >= 0.3 is 6.03 Å². The Morgan fingerprint density at radius 2 is 1.78 bits per heavy atom. The molecule has 0 aromatic heterocycles. The summed E-state index contributed by atoms with van der Waals surface area (Å²) in [5.74, 6) is 0.500. The van der Waals surface area contributed by atoms with E-state index in [4.69, 9.17) is 21.1 Å². The number of carbonyl (C=O) groups excluding carboxylic acids is 2. The van der Waals surface area contributed by atoms with Crippen LogP contribution in [-0.4, -0.2) is 25.2 Å². The summed E-state index contributed by atoms with van der Waals surface area (Å²) in [7, 11) is 0. The Morgan fingerprint density at radius 1 is 1.07 bits per heavy atom. The van der Waals surface area contributed by atoms with Crippen LogP contribution in [0.4, 0.5) is 10.5 Å². The number of ether oxygens (including phenoxy) is 2. The van der Waals surface area contributed by atoms with E-state index in [2.05, 4.69) is 5.32 Å². The summed E-state index contributed by atoms with van der Waals surface area (Å²) < 4.78 is 11.1. The number of halogens is 1. The van der Waals surface area contributed by atoms with Gasteiger partial charge in [0.05, 0.1) is 23.9 Å². The molecule has 0 saturated carbocycles. The van der Waals surface area contributed by atoms with Crippen LogP contribution in [-0.2, 0) is 4.79 Å². The number of amides is 3. The summed E-state index contributed by atoms with van der Waals surface area (Å²) in [5, 5.41) is 2.96. The molecule has 1 aliphatic heterocycles. The highest BCUT2D eigenvalue weighted by Crippen LogP contribution is 2.37. The van der Waals surface area contributed by atoms with E-state index in [0.717, 1.165) is 4.90 Å². The number of anilines is 1. The zero-order chi connectivity index (χ0) is 19.4. The van der Waals surface area contributed by atoms with Gasteiger partial charge in [0.25, 0.3) is 5.91 Å². The van der Waals surface area contributed by atoms with Crippen LogP contribution in [0.15, 0.2) is 48.2 Å². The lowest BCUT2D eigenvalue weighted by Gasteiger charge is -2.13. The number of carbonyl (C=O) groups is 2. The molecule has 0 bridgehead atoms. The zero-order valence-electron chi connectivity index (χ0n) is 15.0. The van der Waals surface area contributed by atoms with Gasteiger partial charge < -0.3 is 14.8 Å². The average Bonchev–Trinajstić information content (AvgIpc) is 2.92. The lowest BCUT2D eigenvalue weighted by molar-refractivity contribution is -0.113. The minimum atomic E-state index is -0.500. The summed E-state index contributed by atoms with van der Waals surface area (Å²) in [4.78, 5) is 26.0. The summed E-state index contributed by atoms with van der Waals surface area (Å²) >= 11 is 6.31. The molecule has 7 heteroatoms. The highest BCUT2D eigenvalue weighted by atomic mass is 35.5. The molecule has 0 aliphatic carbocycles. The fourth-order valence-electron chi connectivity index (χ4n) is 2.73. The van der Waals surface area contributed by atoms with Crippen molar-refractivity contribution in [3.63, 3.8) is 0 Å². The monoisotopic (exact) mass is 386 g/mol. The maximum atomic E-state index is 12.7. The number of hydrogen-bond donors (Lipinski definition) is 1. The van der Waals surface area contributed by atoms with Crippen LogP contribution in [0.2, 0.25) is 5.02 Å². The second-order valence-electron chi connectivity index (χ2n) is 5.66. The van der Waals surface area contributed by atoms with Crippen molar-refractivity contribution in [2.45, 2.75) is 13.8 Å². The predicted octanol–water partition coefficient (Wildman–Crippen LogP) is 4.23. The lowest BCUT2D eigenvalue weighted by atomic mass is 10.1. The molecule has 2 aromatic rings. The van der Waals surface area contributed by atoms with Gasteiger partial charge in [0.1, 0.15) is 5.70 Å². The standard InChI is InChI=1S/C20H19ClN2O4/c1-3-26-17-12-13(10-15(21)18(17)27-4-2)11-16-19(24)23(20(25)22-16)14-8-6-5-7-9-14/h5-12H,3-4H2,1-2H3,(H,22,25). The van der Waals surface area contributed by atoms with Crippen LogP contribution in [0, 0.1) is 0 Å². The van der Waals surface area contributed by atoms with Gasteiger partial charge in [-0.15, -0.1) is 0 Å². The van der Waals surface area contributed by atoms with Crippen LogP contribution in [0.5, 0.6) is 11.5 Å². The molecule has 3 amide bonds. The third kappa shape index (κ3) is 3.90. The molecule has 3 rings (SSSR count). The first kappa shape index (κ1) is 18.8. The van der Waals surface area contributed by atoms with Crippen molar-refractivity contribution in [1.29, 1.82) is 0 Å². The normalized spacial score (nSPS) is 15.2. The molecule has 1 heterocycles. The number of nitrogens with one attached hydrogen (secondary N) is 1. The van der Waals surface area contributed by atoms with Crippen LogP contribution < -0.4 is 19.7 Å². The highest BCUT2D eigenvalue weighted by molar-refractivity contribution is 6.32. The number of para-hydroxylation sites is 1. The Morgan fingerprint density at radius 3 is 2.44 bits per heavy atom. The van der Waals surface area contributed by atoms with Gasteiger partial charge in [-0.1, -0.05) is 29.8 Å². The van der Waals surface area contributed by atoms with Gasteiger partial charge in [0.2, 0.25) is 0 Å². The topological polar surface area (TPSA) is 67.9 Å². The Labute approximate surface area is 162 Å². The molecule has 0 spiro atoms. The lowest BCUT2D eigenvalue weighted by Crippen LogP contribution is -2.30. The Bertz CT molecular complexity index is 896. The Balaban J connectivity index is 1.95. The first-order valence-electron chi connectivity index (χ1n) is 8.56. The molecule has 6 nitrogen and oxygen atoms in total. The molecular weight excluding hydrogens is 368 g/mol. The molecule has 140 valence electrons. The van der Waals surface area contributed by atoms with Crippen LogP contribution in [0.25, 0.3) is 6.08 Å². The van der Waals surface area contributed by atoms with E-state index >= 15 is 0 Å². The van der Waals surface area contributed by atoms with E-state index < -0.39 is 11.9 Å². The molecule has 0 radical (unpaired) electrons. The van der Waals surface area contributed by atoms with E-state index in [0.29, 0.717) is 41.0 Å². The third-order valence-corrected chi connectivity index (χ3v) is 4.10. The Kier molecular flexibility index (Phi) is 5.66. The number of rotatable bonds is 6. The van der Waals surface area contributed by atoms with Crippen molar-refractivity contribution in [1.82, 2.24) is 5.32 Å². The van der Waals surface area contributed by atoms with Gasteiger partial charge in [-0.2, -0.15) is 0 Å². The van der Waals surface area contributed by atoms with Crippen molar-refractivity contribution in [3.05, 3.63) is 58.7 Å². The van der Waals surface area contributed by atoms with Crippen molar-refractivity contribution in [2.75, 3.05) is 18.1 Å².